The third-order valence-corrected chi connectivity index (χ3v) is 10.7. The maximum Gasteiger partial charge on any atom is 0.432 e. The highest BCUT2D eigenvalue weighted by Gasteiger charge is 2.67. The highest BCUT2D eigenvalue weighted by molar-refractivity contribution is 8.33. The van der Waals surface area contributed by atoms with Crippen molar-refractivity contribution in [3.8, 4) is 0 Å². The SMILES string of the molecule is CC(C)(C)C(=O)OCCC(F)(F)C(F)(F)S(=O)(=O)OS(c1ccccc1)(c1ccccc1)c1ccccc1. The number of ether oxygens (including phenoxy) is 1. The maximum atomic E-state index is 15.2. The molecule has 0 fully saturated rings. The zero-order valence-electron chi connectivity index (χ0n) is 20.9. The molecule has 0 heterocycles. The van der Waals surface area contributed by atoms with E-state index in [4.69, 9.17) is 3.63 Å². The number of esters is 1. The Kier molecular flexibility index (Phi) is 8.64. The predicted molar refractivity (Wildman–Crippen MR) is 137 cm³/mol. The monoisotopic (exact) mass is 572 g/mol. The van der Waals surface area contributed by atoms with Crippen molar-refractivity contribution in [2.24, 2.45) is 5.41 Å². The maximum absolute atomic E-state index is 15.2. The van der Waals surface area contributed by atoms with Crippen LogP contribution in [0.4, 0.5) is 17.6 Å². The van der Waals surface area contributed by atoms with Gasteiger partial charge < -0.3 is 4.74 Å². The third-order valence-electron chi connectivity index (χ3n) is 5.42. The number of alkyl halides is 4. The van der Waals surface area contributed by atoms with Gasteiger partial charge in [-0.3, -0.25) is 4.79 Å². The summed E-state index contributed by atoms with van der Waals surface area (Å²) in [4.78, 5) is 12.5. The first kappa shape index (κ1) is 29.7. The standard InChI is InChI=1S/C27H28F4O5S2/c1-25(2,3)24(32)35-20-19-26(28,29)27(30,31)38(33,34)36-37(21-13-7-4-8-14-21,22-15-9-5-10-16-22)23-17-11-6-12-18-23/h4-18H,19-20H2,1-3H3. The van der Waals surface area contributed by atoms with E-state index >= 15 is 8.78 Å². The minimum Gasteiger partial charge on any atom is -0.465 e. The van der Waals surface area contributed by atoms with Gasteiger partial charge in [-0.25, -0.2) is 3.63 Å². The van der Waals surface area contributed by atoms with Crippen molar-refractivity contribution in [1.29, 1.82) is 0 Å². The van der Waals surface area contributed by atoms with Crippen LogP contribution in [0.5, 0.6) is 0 Å². The normalized spacial score (nSPS) is 13.7. The molecule has 0 spiro atoms. The van der Waals surface area contributed by atoms with E-state index in [0.29, 0.717) is 0 Å². The Hall–Kier alpha value is -2.89. The third kappa shape index (κ3) is 5.89. The van der Waals surface area contributed by atoms with Crippen molar-refractivity contribution in [2.75, 3.05) is 6.61 Å². The summed E-state index contributed by atoms with van der Waals surface area (Å²) in [6, 6.07) is 23.3. The van der Waals surface area contributed by atoms with E-state index < -0.39 is 56.0 Å². The van der Waals surface area contributed by atoms with Crippen molar-refractivity contribution in [3.05, 3.63) is 91.0 Å². The van der Waals surface area contributed by atoms with Crippen molar-refractivity contribution < 1.29 is 39.1 Å². The Morgan fingerprint density at radius 2 is 1.08 bits per heavy atom. The molecule has 0 amide bonds. The molecule has 0 aliphatic heterocycles. The summed E-state index contributed by atoms with van der Waals surface area (Å²) in [5.41, 5.74) is -1.06. The second kappa shape index (κ2) is 11.1. The number of hydrogen-bond donors (Lipinski definition) is 0. The first-order valence-corrected chi connectivity index (χ1v) is 14.5. The zero-order chi connectivity index (χ0) is 28.2. The van der Waals surface area contributed by atoms with E-state index in [0.717, 1.165) is 0 Å². The van der Waals surface area contributed by atoms with E-state index in [2.05, 4.69) is 4.74 Å². The Balaban J connectivity index is 2.09. The number of hydrogen-bond acceptors (Lipinski definition) is 5. The Bertz CT molecular complexity index is 1230. The summed E-state index contributed by atoms with van der Waals surface area (Å²) >= 11 is 0. The second-order valence-electron chi connectivity index (χ2n) is 9.37. The highest BCUT2D eigenvalue weighted by Crippen LogP contribution is 2.70. The molecular formula is C27H28F4O5S2. The summed E-state index contributed by atoms with van der Waals surface area (Å²) in [6.07, 6.45) is -1.73. The van der Waals surface area contributed by atoms with Gasteiger partial charge in [0.2, 0.25) is 0 Å². The van der Waals surface area contributed by atoms with Gasteiger partial charge in [0.05, 0.1) is 18.4 Å². The summed E-state index contributed by atoms with van der Waals surface area (Å²) in [5, 5.41) is -5.65. The Labute approximate surface area is 221 Å². The lowest BCUT2D eigenvalue weighted by molar-refractivity contribution is -0.177. The van der Waals surface area contributed by atoms with Gasteiger partial charge in [-0.15, -0.1) is 0 Å². The molecule has 0 atom stereocenters. The molecule has 3 rings (SSSR count). The van der Waals surface area contributed by atoms with Crippen LogP contribution in [0.15, 0.2) is 106 Å². The molecule has 0 aromatic heterocycles. The number of halogens is 4. The van der Waals surface area contributed by atoms with Crippen molar-refractivity contribution in [1.82, 2.24) is 0 Å². The van der Waals surface area contributed by atoms with E-state index in [1.165, 1.54) is 57.2 Å². The average molecular weight is 573 g/mol. The fraction of sp³-hybridized carbons (Fsp3) is 0.296. The second-order valence-corrected chi connectivity index (χ2v) is 13.9. The molecule has 206 valence electrons. The van der Waals surface area contributed by atoms with Crippen molar-refractivity contribution in [3.63, 3.8) is 0 Å². The van der Waals surface area contributed by atoms with Crippen molar-refractivity contribution >= 4 is 26.4 Å². The quantitative estimate of drug-likeness (QED) is 0.187. The minimum absolute atomic E-state index is 0.208. The van der Waals surface area contributed by atoms with Crippen LogP contribution in [0, 0.1) is 5.41 Å². The molecular weight excluding hydrogens is 544 g/mol. The van der Waals surface area contributed by atoms with Gasteiger partial charge in [0.15, 0.2) is 0 Å². The molecule has 3 aromatic rings. The fourth-order valence-electron chi connectivity index (χ4n) is 3.36. The van der Waals surface area contributed by atoms with Gasteiger partial charge in [0.1, 0.15) is 0 Å². The lowest BCUT2D eigenvalue weighted by Crippen LogP contribution is -2.48. The average Bonchev–Trinajstić information content (AvgIpc) is 2.88. The molecule has 0 N–H and O–H groups in total. The van der Waals surface area contributed by atoms with Crippen LogP contribution in [-0.2, 0) is 23.3 Å². The molecule has 0 aliphatic carbocycles. The van der Waals surface area contributed by atoms with E-state index in [1.807, 2.05) is 0 Å². The summed E-state index contributed by atoms with van der Waals surface area (Å²) in [6.45, 7) is 3.26. The first-order chi connectivity index (χ1) is 17.7. The lowest BCUT2D eigenvalue weighted by Gasteiger charge is -2.40. The predicted octanol–water partition coefficient (Wildman–Crippen LogP) is 7.44. The fourth-order valence-corrected chi connectivity index (χ4v) is 8.62. The van der Waals surface area contributed by atoms with Crippen LogP contribution in [0.25, 0.3) is 0 Å². The van der Waals surface area contributed by atoms with Crippen LogP contribution in [0.1, 0.15) is 27.2 Å². The number of carbonyl (C=O) groups excluding carboxylic acids is 1. The smallest absolute Gasteiger partial charge is 0.432 e. The first-order valence-electron chi connectivity index (χ1n) is 11.5. The number of rotatable bonds is 10. The Morgan fingerprint density at radius 3 is 1.42 bits per heavy atom. The number of benzene rings is 3. The molecule has 38 heavy (non-hydrogen) atoms. The minimum atomic E-state index is -6.29. The van der Waals surface area contributed by atoms with Gasteiger partial charge in [-0.05, 0) is 67.5 Å². The van der Waals surface area contributed by atoms with Crippen molar-refractivity contribution in [2.45, 2.75) is 53.1 Å². The molecule has 0 aliphatic rings. The lowest BCUT2D eigenvalue weighted by atomic mass is 9.97. The van der Waals surface area contributed by atoms with E-state index in [-0.39, 0.29) is 14.7 Å². The Morgan fingerprint density at radius 1 is 0.711 bits per heavy atom. The van der Waals surface area contributed by atoms with Crippen LogP contribution in [0.2, 0.25) is 0 Å². The van der Waals surface area contributed by atoms with Gasteiger partial charge in [0.25, 0.3) is 0 Å². The van der Waals surface area contributed by atoms with E-state index in [1.54, 1.807) is 54.6 Å². The molecule has 0 radical (unpaired) electrons. The topological polar surface area (TPSA) is 69.7 Å². The summed E-state index contributed by atoms with van der Waals surface area (Å²) in [5.74, 6) is -6.00. The molecule has 3 aromatic carbocycles. The number of carbonyl (C=O) groups is 1. The van der Waals surface area contributed by atoms with E-state index in [9.17, 15) is 22.0 Å². The molecule has 0 saturated carbocycles. The molecule has 11 heteroatoms. The molecule has 0 bridgehead atoms. The van der Waals surface area contributed by atoms with Gasteiger partial charge in [-0.1, -0.05) is 54.6 Å². The van der Waals surface area contributed by atoms with Gasteiger partial charge >= 0.3 is 27.3 Å². The zero-order valence-corrected chi connectivity index (χ0v) is 22.6. The van der Waals surface area contributed by atoms with Gasteiger partial charge in [0, 0.05) is 14.7 Å². The largest absolute Gasteiger partial charge is 0.465 e. The van der Waals surface area contributed by atoms with Crippen LogP contribution >= 0.6 is 10.3 Å². The molecule has 0 saturated heterocycles. The van der Waals surface area contributed by atoms with Crippen LogP contribution < -0.4 is 0 Å². The summed E-state index contributed by atoms with van der Waals surface area (Å²) in [7, 11) is -9.76. The van der Waals surface area contributed by atoms with Gasteiger partial charge in [-0.2, -0.15) is 26.0 Å². The van der Waals surface area contributed by atoms with Crippen LogP contribution in [0.3, 0.4) is 0 Å². The molecule has 5 nitrogen and oxygen atoms in total. The summed E-state index contributed by atoms with van der Waals surface area (Å²) < 4.78 is 96.4. The van der Waals surface area contributed by atoms with Crippen LogP contribution in [-0.4, -0.2) is 32.2 Å². The highest BCUT2D eigenvalue weighted by atomic mass is 32.3. The molecule has 0 unspecified atom stereocenters.